The zero-order chi connectivity index (χ0) is 32.5. The summed E-state index contributed by atoms with van der Waals surface area (Å²) in [5.74, 6) is -3.78. The number of carboxylic acid groups (broad SMARTS) is 1. The number of carbonyl (C=O) groups excluding carboxylic acids is 2. The van der Waals surface area contributed by atoms with Crippen LogP contribution in [-0.2, 0) is 14.4 Å². The number of aliphatic carboxylic acids is 1. The van der Waals surface area contributed by atoms with Gasteiger partial charge in [0.05, 0.1) is 18.0 Å². The first-order valence-electron chi connectivity index (χ1n) is 13.6. The lowest BCUT2D eigenvalue weighted by molar-refractivity contribution is -0.141. The van der Waals surface area contributed by atoms with E-state index in [0.29, 0.717) is 34.8 Å². The molecule has 3 aromatic carbocycles. The van der Waals surface area contributed by atoms with Crippen molar-refractivity contribution in [2.45, 2.75) is 6.35 Å². The van der Waals surface area contributed by atoms with Gasteiger partial charge in [-0.1, -0.05) is 0 Å². The molecule has 6 rings (SSSR count). The molecule has 4 aromatic rings. The van der Waals surface area contributed by atoms with E-state index in [9.17, 15) is 29.0 Å². The highest BCUT2D eigenvalue weighted by atomic mass is 19.1. The van der Waals surface area contributed by atoms with Crippen LogP contribution in [0.2, 0.25) is 0 Å². The van der Waals surface area contributed by atoms with E-state index >= 15 is 4.39 Å². The van der Waals surface area contributed by atoms with Crippen LogP contribution in [0.25, 0.3) is 10.9 Å². The first-order valence-corrected chi connectivity index (χ1v) is 13.6. The molecule has 0 fully saturated rings. The molecule has 15 heteroatoms. The number of carbonyl (C=O) groups is 3. The molecular formula is C31H24F2N4O9. The second-order valence-electron chi connectivity index (χ2n) is 9.95. The van der Waals surface area contributed by atoms with Gasteiger partial charge in [-0.05, 0) is 42.5 Å². The number of ether oxygens (including phenoxy) is 4. The van der Waals surface area contributed by atoms with Gasteiger partial charge in [0.25, 0.3) is 11.8 Å². The van der Waals surface area contributed by atoms with E-state index < -0.39 is 47.9 Å². The van der Waals surface area contributed by atoms with E-state index in [0.717, 1.165) is 34.2 Å². The third kappa shape index (κ3) is 5.66. The monoisotopic (exact) mass is 634 g/mol. The second-order valence-corrected chi connectivity index (χ2v) is 9.95. The molecule has 0 saturated heterocycles. The van der Waals surface area contributed by atoms with Gasteiger partial charge >= 0.3 is 5.97 Å². The number of fused-ring (bicyclic) bond motifs is 3. The number of aromatic nitrogens is 1. The van der Waals surface area contributed by atoms with Crippen LogP contribution in [0.3, 0.4) is 0 Å². The molecule has 0 aliphatic carbocycles. The first kappa shape index (κ1) is 30.1. The van der Waals surface area contributed by atoms with E-state index in [1.54, 1.807) is 6.07 Å². The molecule has 0 spiro atoms. The van der Waals surface area contributed by atoms with E-state index in [1.807, 2.05) is 0 Å². The Morgan fingerprint density at radius 1 is 1.02 bits per heavy atom. The molecule has 0 saturated carbocycles. The van der Waals surface area contributed by atoms with Crippen LogP contribution < -0.4 is 29.2 Å². The molecule has 0 bridgehead atoms. The summed E-state index contributed by atoms with van der Waals surface area (Å²) in [6, 6.07) is 11.1. The highest BCUT2D eigenvalue weighted by molar-refractivity contribution is 6.27. The van der Waals surface area contributed by atoms with Crippen molar-refractivity contribution >= 4 is 40.1 Å². The van der Waals surface area contributed by atoms with Crippen LogP contribution in [0, 0.1) is 11.6 Å². The van der Waals surface area contributed by atoms with Crippen molar-refractivity contribution in [3.05, 3.63) is 84.2 Å². The number of anilines is 2. The van der Waals surface area contributed by atoms with Crippen LogP contribution in [0.1, 0.15) is 0 Å². The van der Waals surface area contributed by atoms with Crippen molar-refractivity contribution in [2.75, 3.05) is 37.1 Å². The van der Waals surface area contributed by atoms with Gasteiger partial charge in [-0.2, -0.15) is 0 Å². The van der Waals surface area contributed by atoms with Crippen LogP contribution in [0.4, 0.5) is 20.2 Å². The zero-order valence-corrected chi connectivity index (χ0v) is 23.9. The maximum atomic E-state index is 15.3. The van der Waals surface area contributed by atoms with Crippen molar-refractivity contribution in [3.63, 3.8) is 0 Å². The van der Waals surface area contributed by atoms with Crippen LogP contribution in [0.5, 0.6) is 28.7 Å². The van der Waals surface area contributed by atoms with E-state index in [4.69, 9.17) is 18.9 Å². The van der Waals surface area contributed by atoms with E-state index in [2.05, 4.69) is 10.3 Å². The Hall–Kier alpha value is -5.96. The second kappa shape index (κ2) is 12.2. The lowest BCUT2D eigenvalue weighted by Gasteiger charge is -2.38. The SMILES string of the molecule is COc1cc2nccc(Oc3ccc(NC(=O)C4=CN(CC(=O)O)C(O)N(c5ccc(F)cc5)C4=O)cc3F)c2c2c1OCCO2. The average molecular weight is 635 g/mol. The summed E-state index contributed by atoms with van der Waals surface area (Å²) in [6.07, 6.45) is 0.543. The Bertz CT molecular complexity index is 1900. The van der Waals surface area contributed by atoms with Gasteiger partial charge in [0.15, 0.2) is 23.1 Å². The Kier molecular flexibility index (Phi) is 7.98. The standard InChI is InChI=1S/C31H24F2N4O9/c1-43-24-13-21-26(28-27(24)44-10-11-45-28)23(8-9-34-21)46-22-7-4-17(12-20(22)33)35-29(40)19-14-36(15-25(38)39)31(42)37(30(19)41)18-5-2-16(32)3-6-18/h2-9,12-14,31,42H,10-11,15H2,1H3,(H,35,40)(H,38,39). The molecule has 236 valence electrons. The molecule has 2 aliphatic rings. The summed E-state index contributed by atoms with van der Waals surface area (Å²) in [5, 5.41) is 22.8. The fourth-order valence-corrected chi connectivity index (χ4v) is 4.95. The van der Waals surface area contributed by atoms with Gasteiger partial charge < -0.3 is 39.4 Å². The zero-order valence-electron chi connectivity index (χ0n) is 23.9. The quantitative estimate of drug-likeness (QED) is 0.243. The van der Waals surface area contributed by atoms with Crippen LogP contribution in [-0.4, -0.2) is 71.1 Å². The molecule has 2 amide bonds. The minimum atomic E-state index is -1.81. The Labute approximate surface area is 258 Å². The molecule has 1 atom stereocenters. The molecular weight excluding hydrogens is 610 g/mol. The summed E-state index contributed by atoms with van der Waals surface area (Å²) < 4.78 is 51.7. The van der Waals surface area contributed by atoms with E-state index in [1.165, 1.54) is 43.6 Å². The van der Waals surface area contributed by atoms with Gasteiger partial charge in [0.1, 0.15) is 36.9 Å². The lowest BCUT2D eigenvalue weighted by atomic mass is 10.1. The normalized spacial score (nSPS) is 15.8. The molecule has 46 heavy (non-hydrogen) atoms. The van der Waals surface area contributed by atoms with Crippen LogP contribution in [0.15, 0.2) is 72.6 Å². The Balaban J connectivity index is 1.26. The molecule has 2 aliphatic heterocycles. The summed E-state index contributed by atoms with van der Waals surface area (Å²) in [4.78, 5) is 43.8. The minimum Gasteiger partial charge on any atom is -0.493 e. The minimum absolute atomic E-state index is 0.000503. The number of nitrogens with zero attached hydrogens (tertiary/aromatic N) is 3. The average Bonchev–Trinajstić information content (AvgIpc) is 3.04. The fraction of sp³-hybridized carbons (Fsp3) is 0.161. The largest absolute Gasteiger partial charge is 0.493 e. The molecule has 13 nitrogen and oxygen atoms in total. The van der Waals surface area contributed by atoms with Gasteiger partial charge in [-0.25, -0.2) is 8.78 Å². The third-order valence-corrected chi connectivity index (χ3v) is 7.01. The fourth-order valence-electron chi connectivity index (χ4n) is 4.95. The number of carboxylic acids is 1. The molecule has 0 radical (unpaired) electrons. The highest BCUT2D eigenvalue weighted by Gasteiger charge is 2.38. The topological polar surface area (TPSA) is 160 Å². The number of amides is 2. The van der Waals surface area contributed by atoms with Crippen molar-refractivity contribution in [1.82, 2.24) is 9.88 Å². The van der Waals surface area contributed by atoms with Gasteiger partial charge in [-0.15, -0.1) is 0 Å². The molecule has 3 N–H and O–H groups in total. The smallest absolute Gasteiger partial charge is 0.323 e. The van der Waals surface area contributed by atoms with Gasteiger partial charge in [-0.3, -0.25) is 24.3 Å². The predicted octanol–water partition coefficient (Wildman–Crippen LogP) is 3.62. The number of hydrogen-bond acceptors (Lipinski definition) is 10. The summed E-state index contributed by atoms with van der Waals surface area (Å²) >= 11 is 0. The lowest BCUT2D eigenvalue weighted by Crippen LogP contribution is -2.56. The number of aliphatic hydroxyl groups excluding tert-OH is 1. The summed E-state index contributed by atoms with van der Waals surface area (Å²) in [5.41, 5.74) is -0.181. The maximum Gasteiger partial charge on any atom is 0.323 e. The molecule has 3 heterocycles. The number of rotatable bonds is 8. The summed E-state index contributed by atoms with van der Waals surface area (Å²) in [7, 11) is 1.48. The Morgan fingerprint density at radius 2 is 1.76 bits per heavy atom. The molecule has 1 aromatic heterocycles. The number of pyridine rings is 1. The number of halogens is 2. The third-order valence-electron chi connectivity index (χ3n) is 7.01. The Morgan fingerprint density at radius 3 is 2.46 bits per heavy atom. The first-order chi connectivity index (χ1) is 22.1. The summed E-state index contributed by atoms with van der Waals surface area (Å²) in [6.45, 7) is -0.210. The molecule has 1 unspecified atom stereocenters. The van der Waals surface area contributed by atoms with Crippen molar-refractivity contribution in [1.29, 1.82) is 0 Å². The highest BCUT2D eigenvalue weighted by Crippen LogP contribution is 2.48. The van der Waals surface area contributed by atoms with E-state index in [-0.39, 0.29) is 29.5 Å². The maximum absolute atomic E-state index is 15.3. The number of aliphatic hydroxyl groups is 1. The van der Waals surface area contributed by atoms with Crippen molar-refractivity contribution in [3.8, 4) is 28.7 Å². The number of benzene rings is 3. The van der Waals surface area contributed by atoms with Crippen molar-refractivity contribution < 1.29 is 52.3 Å². The number of methoxy groups -OCH3 is 1. The van der Waals surface area contributed by atoms with Gasteiger partial charge in [0.2, 0.25) is 12.1 Å². The van der Waals surface area contributed by atoms with Crippen LogP contribution >= 0.6 is 0 Å². The van der Waals surface area contributed by atoms with Crippen molar-refractivity contribution in [2.24, 2.45) is 0 Å². The predicted molar refractivity (Wildman–Crippen MR) is 157 cm³/mol. The number of nitrogens with one attached hydrogen (secondary N) is 1. The van der Waals surface area contributed by atoms with Gasteiger partial charge in [0, 0.05) is 35.9 Å². The number of hydrogen-bond donors (Lipinski definition) is 3.